The Kier molecular flexibility index (Phi) is 4.07. The van der Waals surface area contributed by atoms with Crippen LogP contribution in [0.5, 0.6) is 0 Å². The lowest BCUT2D eigenvalue weighted by Gasteiger charge is -2.35. The van der Waals surface area contributed by atoms with E-state index in [0.717, 1.165) is 11.4 Å². The zero-order chi connectivity index (χ0) is 14.0. The quantitative estimate of drug-likeness (QED) is 0.860. The standard InChI is InChI=1S/C12H19N3O3S/c1-10(16)11-4-3-5-13-12(11)14-6-8-15(9-7-14)19(2,17)18/h3-5,10,16H,6-9H2,1-2H3/t10-/m0/s1. The summed E-state index contributed by atoms with van der Waals surface area (Å²) in [6, 6.07) is 3.63. The fraction of sp³-hybridized carbons (Fsp3) is 0.583. The first-order valence-corrected chi connectivity index (χ1v) is 8.07. The van der Waals surface area contributed by atoms with Crippen LogP contribution in [0.25, 0.3) is 0 Å². The van der Waals surface area contributed by atoms with Gasteiger partial charge in [0.15, 0.2) is 0 Å². The van der Waals surface area contributed by atoms with Gasteiger partial charge in [0, 0.05) is 37.9 Å². The average molecular weight is 285 g/mol. The molecule has 1 N–H and O–H groups in total. The average Bonchev–Trinajstić information content (AvgIpc) is 2.38. The summed E-state index contributed by atoms with van der Waals surface area (Å²) < 4.78 is 24.4. The van der Waals surface area contributed by atoms with Gasteiger partial charge in [-0.25, -0.2) is 13.4 Å². The minimum atomic E-state index is -3.12. The molecule has 1 atom stereocenters. The summed E-state index contributed by atoms with van der Waals surface area (Å²) in [5.41, 5.74) is 0.773. The second-order valence-corrected chi connectivity index (χ2v) is 6.72. The Morgan fingerprint density at radius 2 is 1.95 bits per heavy atom. The van der Waals surface area contributed by atoms with E-state index in [9.17, 15) is 13.5 Å². The van der Waals surface area contributed by atoms with Crippen molar-refractivity contribution in [2.75, 3.05) is 37.3 Å². The van der Waals surface area contributed by atoms with E-state index in [0.29, 0.717) is 26.2 Å². The second-order valence-electron chi connectivity index (χ2n) is 4.74. The number of aliphatic hydroxyl groups is 1. The van der Waals surface area contributed by atoms with Gasteiger partial charge in [-0.3, -0.25) is 0 Å². The molecule has 0 saturated carbocycles. The van der Waals surface area contributed by atoms with Crippen molar-refractivity contribution in [1.82, 2.24) is 9.29 Å². The summed E-state index contributed by atoms with van der Waals surface area (Å²) in [5, 5.41) is 9.74. The van der Waals surface area contributed by atoms with E-state index in [1.807, 2.05) is 11.0 Å². The van der Waals surface area contributed by atoms with E-state index >= 15 is 0 Å². The van der Waals surface area contributed by atoms with Crippen LogP contribution in [-0.2, 0) is 10.0 Å². The first-order valence-electron chi connectivity index (χ1n) is 6.22. The van der Waals surface area contributed by atoms with Gasteiger partial charge >= 0.3 is 0 Å². The van der Waals surface area contributed by atoms with Gasteiger partial charge in [0.1, 0.15) is 5.82 Å². The van der Waals surface area contributed by atoms with Crippen LogP contribution in [-0.4, -0.2) is 55.2 Å². The summed E-state index contributed by atoms with van der Waals surface area (Å²) in [7, 11) is -3.12. The minimum absolute atomic E-state index is 0.453. The van der Waals surface area contributed by atoms with E-state index in [-0.39, 0.29) is 0 Å². The lowest BCUT2D eigenvalue weighted by molar-refractivity contribution is 0.199. The van der Waals surface area contributed by atoms with Gasteiger partial charge in [0.05, 0.1) is 12.4 Å². The molecular formula is C12H19N3O3S. The van der Waals surface area contributed by atoms with Crippen molar-refractivity contribution in [3.05, 3.63) is 23.9 Å². The Morgan fingerprint density at radius 1 is 1.32 bits per heavy atom. The summed E-state index contributed by atoms with van der Waals surface area (Å²) in [6.45, 7) is 3.78. The van der Waals surface area contributed by atoms with Gasteiger partial charge < -0.3 is 10.0 Å². The summed E-state index contributed by atoms with van der Waals surface area (Å²) in [5.74, 6) is 0.741. The first kappa shape index (κ1) is 14.2. The van der Waals surface area contributed by atoms with Crippen molar-refractivity contribution >= 4 is 15.8 Å². The van der Waals surface area contributed by atoms with E-state index in [1.54, 1.807) is 19.2 Å². The lowest BCUT2D eigenvalue weighted by atomic mass is 10.1. The van der Waals surface area contributed by atoms with Crippen molar-refractivity contribution in [2.45, 2.75) is 13.0 Å². The molecule has 0 unspecified atom stereocenters. The molecule has 0 aliphatic carbocycles. The summed E-state index contributed by atoms with van der Waals surface area (Å²) in [4.78, 5) is 6.33. The number of pyridine rings is 1. The maximum atomic E-state index is 11.5. The van der Waals surface area contributed by atoms with Crippen LogP contribution in [0.3, 0.4) is 0 Å². The van der Waals surface area contributed by atoms with Crippen LogP contribution in [0.4, 0.5) is 5.82 Å². The molecule has 19 heavy (non-hydrogen) atoms. The van der Waals surface area contributed by atoms with Crippen molar-refractivity contribution in [3.63, 3.8) is 0 Å². The molecule has 0 radical (unpaired) electrons. The van der Waals surface area contributed by atoms with Crippen LogP contribution in [0.15, 0.2) is 18.3 Å². The van der Waals surface area contributed by atoms with Gasteiger partial charge in [-0.2, -0.15) is 4.31 Å². The van der Waals surface area contributed by atoms with Crippen molar-refractivity contribution < 1.29 is 13.5 Å². The van der Waals surface area contributed by atoms with Gasteiger partial charge in [-0.05, 0) is 13.0 Å². The van der Waals surface area contributed by atoms with Gasteiger partial charge in [0.2, 0.25) is 10.0 Å². The maximum Gasteiger partial charge on any atom is 0.211 e. The Balaban J connectivity index is 2.14. The van der Waals surface area contributed by atoms with Gasteiger partial charge in [0.25, 0.3) is 0 Å². The highest BCUT2D eigenvalue weighted by Crippen LogP contribution is 2.24. The minimum Gasteiger partial charge on any atom is -0.389 e. The smallest absolute Gasteiger partial charge is 0.211 e. The Morgan fingerprint density at radius 3 is 2.47 bits per heavy atom. The molecule has 1 fully saturated rings. The predicted octanol–water partition coefficient (Wildman–Crippen LogP) is 0.216. The monoisotopic (exact) mass is 285 g/mol. The predicted molar refractivity (Wildman–Crippen MR) is 73.5 cm³/mol. The molecular weight excluding hydrogens is 266 g/mol. The molecule has 1 aromatic rings. The zero-order valence-corrected chi connectivity index (χ0v) is 12.0. The van der Waals surface area contributed by atoms with E-state index in [2.05, 4.69) is 4.98 Å². The molecule has 106 valence electrons. The normalized spacial score (nSPS) is 19.4. The number of hydrogen-bond donors (Lipinski definition) is 1. The van der Waals surface area contributed by atoms with Crippen LogP contribution < -0.4 is 4.90 Å². The molecule has 2 heterocycles. The lowest BCUT2D eigenvalue weighted by Crippen LogP contribution is -2.48. The number of aliphatic hydroxyl groups excluding tert-OH is 1. The van der Waals surface area contributed by atoms with Crippen molar-refractivity contribution in [1.29, 1.82) is 0 Å². The molecule has 0 spiro atoms. The first-order chi connectivity index (χ1) is 8.89. The number of anilines is 1. The molecule has 1 aliphatic rings. The van der Waals surface area contributed by atoms with Crippen LogP contribution in [0, 0.1) is 0 Å². The third-order valence-electron chi connectivity index (χ3n) is 3.27. The van der Waals surface area contributed by atoms with E-state index in [1.165, 1.54) is 10.6 Å². The largest absolute Gasteiger partial charge is 0.389 e. The molecule has 0 amide bonds. The van der Waals surface area contributed by atoms with Gasteiger partial charge in [-0.15, -0.1) is 0 Å². The summed E-state index contributed by atoms with van der Waals surface area (Å²) in [6.07, 6.45) is 2.33. The van der Waals surface area contributed by atoms with Gasteiger partial charge in [-0.1, -0.05) is 6.07 Å². The molecule has 1 aliphatic heterocycles. The third-order valence-corrected chi connectivity index (χ3v) is 4.58. The Bertz CT molecular complexity index is 537. The Hall–Kier alpha value is -1.18. The topological polar surface area (TPSA) is 73.7 Å². The number of aromatic nitrogens is 1. The fourth-order valence-corrected chi connectivity index (χ4v) is 3.06. The molecule has 6 nitrogen and oxygen atoms in total. The highest BCUT2D eigenvalue weighted by atomic mass is 32.2. The zero-order valence-electron chi connectivity index (χ0n) is 11.2. The molecule has 1 aromatic heterocycles. The van der Waals surface area contributed by atoms with Crippen molar-refractivity contribution in [2.24, 2.45) is 0 Å². The van der Waals surface area contributed by atoms with E-state index < -0.39 is 16.1 Å². The maximum absolute atomic E-state index is 11.5. The molecule has 0 aromatic carbocycles. The highest BCUT2D eigenvalue weighted by molar-refractivity contribution is 7.88. The molecule has 1 saturated heterocycles. The van der Waals surface area contributed by atoms with Crippen LogP contribution >= 0.6 is 0 Å². The molecule has 7 heteroatoms. The SMILES string of the molecule is C[C@H](O)c1cccnc1N1CCN(S(C)(=O)=O)CC1. The van der Waals surface area contributed by atoms with Crippen LogP contribution in [0.2, 0.25) is 0 Å². The van der Waals surface area contributed by atoms with Crippen LogP contribution in [0.1, 0.15) is 18.6 Å². The highest BCUT2D eigenvalue weighted by Gasteiger charge is 2.25. The Labute approximate surface area is 113 Å². The van der Waals surface area contributed by atoms with Crippen molar-refractivity contribution in [3.8, 4) is 0 Å². The molecule has 0 bridgehead atoms. The van der Waals surface area contributed by atoms with E-state index in [4.69, 9.17) is 0 Å². The number of piperazine rings is 1. The summed E-state index contributed by atoms with van der Waals surface area (Å²) >= 11 is 0. The number of nitrogens with zero attached hydrogens (tertiary/aromatic N) is 3. The fourth-order valence-electron chi connectivity index (χ4n) is 2.23. The number of hydrogen-bond acceptors (Lipinski definition) is 5. The number of rotatable bonds is 3. The molecule has 2 rings (SSSR count). The second kappa shape index (κ2) is 5.44. The number of sulfonamides is 1. The third kappa shape index (κ3) is 3.23.